The van der Waals surface area contributed by atoms with Crippen molar-refractivity contribution in [1.82, 2.24) is 0 Å². The number of carbonyl (C=O) groups is 1. The highest BCUT2D eigenvalue weighted by atomic mass is 16.3. The van der Waals surface area contributed by atoms with Crippen molar-refractivity contribution in [2.45, 2.75) is 18.9 Å². The maximum absolute atomic E-state index is 10.5. The molecule has 0 radical (unpaired) electrons. The first-order valence-corrected chi connectivity index (χ1v) is 6.68. The summed E-state index contributed by atoms with van der Waals surface area (Å²) < 4.78 is 0. The number of aliphatic hydroxyl groups is 1. The number of benzene rings is 2. The molecule has 2 aromatic carbocycles. The molecule has 0 spiro atoms. The Morgan fingerprint density at radius 1 is 1.15 bits per heavy atom. The molecule has 20 heavy (non-hydrogen) atoms. The summed E-state index contributed by atoms with van der Waals surface area (Å²) in [5, 5.41) is 10.0. The molecule has 0 fully saturated rings. The van der Waals surface area contributed by atoms with Crippen LogP contribution in [0, 0.1) is 0 Å². The highest BCUT2D eigenvalue weighted by Crippen LogP contribution is 2.29. The summed E-state index contributed by atoms with van der Waals surface area (Å²) in [6.45, 7) is 3.64. The zero-order valence-electron chi connectivity index (χ0n) is 11.3. The fraction of sp³-hybridized carbons (Fsp3) is 0.167. The van der Waals surface area contributed by atoms with Gasteiger partial charge in [0.2, 0.25) is 0 Å². The van der Waals surface area contributed by atoms with Gasteiger partial charge >= 0.3 is 0 Å². The molecule has 1 N–H and O–H groups in total. The van der Waals surface area contributed by atoms with Crippen molar-refractivity contribution in [2.24, 2.45) is 0 Å². The lowest BCUT2D eigenvalue weighted by Crippen LogP contribution is -1.96. The second kappa shape index (κ2) is 6.83. The van der Waals surface area contributed by atoms with E-state index < -0.39 is 6.10 Å². The Labute approximate surface area is 119 Å². The molecule has 0 amide bonds. The van der Waals surface area contributed by atoms with Gasteiger partial charge in [-0.15, -0.1) is 6.58 Å². The molecular formula is C18H18O2. The van der Waals surface area contributed by atoms with Crippen molar-refractivity contribution in [3.8, 4) is 11.1 Å². The number of aldehydes is 1. The third-order valence-corrected chi connectivity index (χ3v) is 3.29. The lowest BCUT2D eigenvalue weighted by molar-refractivity contribution is -0.107. The van der Waals surface area contributed by atoms with Gasteiger partial charge in [-0.25, -0.2) is 0 Å². The molecule has 2 heteroatoms. The molecule has 0 bridgehead atoms. The third kappa shape index (κ3) is 3.22. The van der Waals surface area contributed by atoms with Crippen molar-refractivity contribution >= 4 is 6.29 Å². The van der Waals surface area contributed by atoms with Crippen LogP contribution in [0.5, 0.6) is 0 Å². The SMILES string of the molecule is C=CC(O)c1ccccc1-c1cccc(CCC=O)c1. The largest absolute Gasteiger partial charge is 0.384 e. The van der Waals surface area contributed by atoms with Crippen LogP contribution in [0.1, 0.15) is 23.7 Å². The predicted octanol–water partition coefficient (Wildman–Crippen LogP) is 3.70. The van der Waals surface area contributed by atoms with Crippen LogP contribution in [0.4, 0.5) is 0 Å². The van der Waals surface area contributed by atoms with Gasteiger partial charge in [-0.1, -0.05) is 54.6 Å². The smallest absolute Gasteiger partial charge is 0.120 e. The maximum atomic E-state index is 10.5. The summed E-state index contributed by atoms with van der Waals surface area (Å²) in [6, 6.07) is 15.8. The average molecular weight is 266 g/mol. The molecule has 0 aliphatic heterocycles. The van der Waals surface area contributed by atoms with Crippen molar-refractivity contribution in [2.75, 3.05) is 0 Å². The topological polar surface area (TPSA) is 37.3 Å². The lowest BCUT2D eigenvalue weighted by Gasteiger charge is -2.13. The Morgan fingerprint density at radius 2 is 1.95 bits per heavy atom. The van der Waals surface area contributed by atoms with Gasteiger partial charge in [0.1, 0.15) is 6.29 Å². The Morgan fingerprint density at radius 3 is 2.70 bits per heavy atom. The number of rotatable bonds is 6. The Bertz CT molecular complexity index is 602. The third-order valence-electron chi connectivity index (χ3n) is 3.29. The van der Waals surface area contributed by atoms with Crippen LogP contribution in [0.2, 0.25) is 0 Å². The van der Waals surface area contributed by atoms with E-state index in [1.807, 2.05) is 42.5 Å². The fourth-order valence-electron chi connectivity index (χ4n) is 2.26. The van der Waals surface area contributed by atoms with Gasteiger partial charge in [0, 0.05) is 6.42 Å². The minimum absolute atomic E-state index is 0.528. The van der Waals surface area contributed by atoms with Crippen molar-refractivity contribution in [1.29, 1.82) is 0 Å². The normalized spacial score (nSPS) is 11.8. The van der Waals surface area contributed by atoms with Gasteiger partial charge in [-0.2, -0.15) is 0 Å². The molecule has 1 atom stereocenters. The quantitative estimate of drug-likeness (QED) is 0.639. The highest BCUT2D eigenvalue weighted by Gasteiger charge is 2.10. The van der Waals surface area contributed by atoms with E-state index in [0.717, 1.165) is 35.0 Å². The summed E-state index contributed by atoms with van der Waals surface area (Å²) in [5.41, 5.74) is 4.00. The van der Waals surface area contributed by atoms with E-state index in [0.29, 0.717) is 6.42 Å². The summed E-state index contributed by atoms with van der Waals surface area (Å²) in [6.07, 6.45) is 3.05. The summed E-state index contributed by atoms with van der Waals surface area (Å²) in [5.74, 6) is 0. The summed E-state index contributed by atoms with van der Waals surface area (Å²) in [7, 11) is 0. The molecule has 0 heterocycles. The van der Waals surface area contributed by atoms with Crippen LogP contribution < -0.4 is 0 Å². The number of aliphatic hydroxyl groups excluding tert-OH is 1. The first-order valence-electron chi connectivity index (χ1n) is 6.68. The summed E-state index contributed by atoms with van der Waals surface area (Å²) >= 11 is 0. The predicted molar refractivity (Wildman–Crippen MR) is 81.4 cm³/mol. The van der Waals surface area contributed by atoms with Gasteiger partial charge in [-0.05, 0) is 28.7 Å². The zero-order chi connectivity index (χ0) is 14.4. The molecule has 2 nitrogen and oxygen atoms in total. The van der Waals surface area contributed by atoms with Crippen LogP contribution in [-0.4, -0.2) is 11.4 Å². The minimum atomic E-state index is -0.676. The Kier molecular flexibility index (Phi) is 4.85. The van der Waals surface area contributed by atoms with Gasteiger partial charge in [0.05, 0.1) is 6.10 Å². The van der Waals surface area contributed by atoms with Crippen LogP contribution >= 0.6 is 0 Å². The highest BCUT2D eigenvalue weighted by molar-refractivity contribution is 5.69. The molecule has 0 saturated carbocycles. The second-order valence-electron chi connectivity index (χ2n) is 4.67. The maximum Gasteiger partial charge on any atom is 0.120 e. The van der Waals surface area contributed by atoms with Crippen LogP contribution in [0.15, 0.2) is 61.2 Å². The van der Waals surface area contributed by atoms with Crippen molar-refractivity contribution in [3.63, 3.8) is 0 Å². The Hall–Kier alpha value is -2.19. The second-order valence-corrected chi connectivity index (χ2v) is 4.67. The molecule has 2 aromatic rings. The van der Waals surface area contributed by atoms with Crippen LogP contribution in [-0.2, 0) is 11.2 Å². The number of carbonyl (C=O) groups excluding carboxylic acids is 1. The molecule has 0 aliphatic rings. The molecule has 0 aliphatic carbocycles. The van der Waals surface area contributed by atoms with E-state index in [4.69, 9.17) is 0 Å². The van der Waals surface area contributed by atoms with Gasteiger partial charge in [0.25, 0.3) is 0 Å². The van der Waals surface area contributed by atoms with Gasteiger partial charge in [-0.3, -0.25) is 0 Å². The zero-order valence-corrected chi connectivity index (χ0v) is 11.3. The lowest BCUT2D eigenvalue weighted by atomic mass is 9.94. The van der Waals surface area contributed by atoms with E-state index in [9.17, 15) is 9.90 Å². The molecular weight excluding hydrogens is 248 g/mol. The number of aryl methyl sites for hydroxylation is 1. The van der Waals surface area contributed by atoms with Crippen LogP contribution in [0.3, 0.4) is 0 Å². The molecule has 102 valence electrons. The average Bonchev–Trinajstić information content (AvgIpc) is 2.52. The molecule has 0 aromatic heterocycles. The minimum Gasteiger partial charge on any atom is -0.384 e. The van der Waals surface area contributed by atoms with E-state index in [1.165, 1.54) is 6.08 Å². The van der Waals surface area contributed by atoms with Gasteiger partial charge in [0.15, 0.2) is 0 Å². The molecule has 0 saturated heterocycles. The van der Waals surface area contributed by atoms with E-state index in [2.05, 4.69) is 12.6 Å². The Balaban J connectivity index is 2.40. The fourth-order valence-corrected chi connectivity index (χ4v) is 2.26. The first-order chi connectivity index (χ1) is 9.76. The van der Waals surface area contributed by atoms with Gasteiger partial charge < -0.3 is 9.90 Å². The molecule has 2 rings (SSSR count). The summed E-state index contributed by atoms with van der Waals surface area (Å²) in [4.78, 5) is 10.5. The number of hydrogen-bond donors (Lipinski definition) is 1. The number of hydrogen-bond acceptors (Lipinski definition) is 2. The standard InChI is InChI=1S/C18H18O2/c1-2-18(20)17-11-4-3-10-16(17)15-9-5-7-14(13-15)8-6-12-19/h2-5,7,9-13,18,20H,1,6,8H2. The monoisotopic (exact) mass is 266 g/mol. The van der Waals surface area contributed by atoms with E-state index >= 15 is 0 Å². The first kappa shape index (κ1) is 14.2. The van der Waals surface area contributed by atoms with E-state index in [1.54, 1.807) is 0 Å². The van der Waals surface area contributed by atoms with E-state index in [-0.39, 0.29) is 0 Å². The van der Waals surface area contributed by atoms with Crippen LogP contribution in [0.25, 0.3) is 11.1 Å². The van der Waals surface area contributed by atoms with Crippen molar-refractivity contribution in [3.05, 3.63) is 72.3 Å². The van der Waals surface area contributed by atoms with Crippen molar-refractivity contribution < 1.29 is 9.90 Å². The molecule has 1 unspecified atom stereocenters.